The Morgan fingerprint density at radius 1 is 0.840 bits per heavy atom. The molecule has 0 saturated carbocycles. The topological polar surface area (TPSA) is 20.3 Å². The van der Waals surface area contributed by atoms with Gasteiger partial charge in [-0.25, -0.2) is 4.67 Å². The monoisotopic (exact) mass is 393 g/mol. The minimum atomic E-state index is -3.03. The molecule has 0 aliphatic carbocycles. The van der Waals surface area contributed by atoms with Crippen LogP contribution in [-0.4, -0.2) is 17.8 Å². The minimum Gasteiger partial charge on any atom is -0.297 e. The van der Waals surface area contributed by atoms with Gasteiger partial charge < -0.3 is 0 Å². The van der Waals surface area contributed by atoms with Gasteiger partial charge in [0.05, 0.1) is 10.1 Å². The van der Waals surface area contributed by atoms with E-state index in [4.69, 9.17) is 23.2 Å². The Bertz CT molecular complexity index is 724. The summed E-state index contributed by atoms with van der Waals surface area (Å²) in [5.74, 6) is 3.28. The second kappa shape index (κ2) is 9.40. The summed E-state index contributed by atoms with van der Waals surface area (Å²) >= 11 is 12.9. The van der Waals surface area contributed by atoms with Crippen molar-refractivity contribution in [2.24, 2.45) is 0 Å². The van der Waals surface area contributed by atoms with Gasteiger partial charge in [-0.05, 0) is 11.1 Å². The van der Waals surface area contributed by atoms with E-state index in [-0.39, 0.29) is 0 Å². The van der Waals surface area contributed by atoms with E-state index in [2.05, 4.69) is 0 Å². The SMILES string of the molecule is CCN(CC)P(=O)(/C=C(\Cl)c1ccccc1)/C=C(\Cl)c1ccccc1. The van der Waals surface area contributed by atoms with E-state index in [1.165, 1.54) is 0 Å². The summed E-state index contributed by atoms with van der Waals surface area (Å²) in [5, 5.41) is 0.925. The molecule has 0 atom stereocenters. The molecule has 0 aromatic heterocycles. The van der Waals surface area contributed by atoms with E-state index in [0.29, 0.717) is 23.2 Å². The van der Waals surface area contributed by atoms with Gasteiger partial charge in [0, 0.05) is 24.7 Å². The van der Waals surface area contributed by atoms with Crippen LogP contribution in [0.15, 0.2) is 72.3 Å². The highest BCUT2D eigenvalue weighted by Crippen LogP contribution is 2.56. The fourth-order valence-electron chi connectivity index (χ4n) is 2.53. The highest BCUT2D eigenvalue weighted by molar-refractivity contribution is 7.68. The lowest BCUT2D eigenvalue weighted by Crippen LogP contribution is -2.17. The van der Waals surface area contributed by atoms with Crippen molar-refractivity contribution in [2.75, 3.05) is 13.1 Å². The van der Waals surface area contributed by atoms with Crippen molar-refractivity contribution >= 4 is 40.6 Å². The van der Waals surface area contributed by atoms with E-state index in [9.17, 15) is 4.57 Å². The van der Waals surface area contributed by atoms with E-state index in [0.717, 1.165) is 11.1 Å². The Morgan fingerprint density at radius 3 is 1.52 bits per heavy atom. The van der Waals surface area contributed by atoms with Gasteiger partial charge in [-0.15, -0.1) is 0 Å². The highest BCUT2D eigenvalue weighted by atomic mass is 35.5. The van der Waals surface area contributed by atoms with Crippen molar-refractivity contribution in [2.45, 2.75) is 13.8 Å². The molecule has 0 saturated heterocycles. The highest BCUT2D eigenvalue weighted by Gasteiger charge is 2.25. The van der Waals surface area contributed by atoms with Gasteiger partial charge in [0.15, 0.2) is 7.29 Å². The van der Waals surface area contributed by atoms with Crippen LogP contribution in [0.4, 0.5) is 0 Å². The lowest BCUT2D eigenvalue weighted by Gasteiger charge is -2.25. The molecule has 0 N–H and O–H groups in total. The maximum atomic E-state index is 13.7. The normalized spacial score (nSPS) is 13.3. The molecule has 0 fully saturated rings. The van der Waals surface area contributed by atoms with Gasteiger partial charge in [-0.3, -0.25) is 4.57 Å². The summed E-state index contributed by atoms with van der Waals surface area (Å²) in [6.45, 7) is 5.23. The van der Waals surface area contributed by atoms with Crippen LogP contribution in [0.2, 0.25) is 0 Å². The van der Waals surface area contributed by atoms with Crippen LogP contribution in [0.5, 0.6) is 0 Å². The summed E-state index contributed by atoms with van der Waals surface area (Å²) < 4.78 is 15.6. The van der Waals surface area contributed by atoms with E-state index in [1.54, 1.807) is 11.6 Å². The molecule has 0 heterocycles. The summed E-state index contributed by atoms with van der Waals surface area (Å²) in [4.78, 5) is 0. The zero-order valence-electron chi connectivity index (χ0n) is 14.4. The van der Waals surface area contributed by atoms with Crippen molar-refractivity contribution in [3.63, 3.8) is 0 Å². The molecule has 0 bridgehead atoms. The third-order valence-corrected chi connectivity index (χ3v) is 7.53. The number of nitrogens with zero attached hydrogens (tertiary/aromatic N) is 1. The van der Waals surface area contributed by atoms with Crippen LogP contribution >= 0.6 is 30.5 Å². The van der Waals surface area contributed by atoms with Crippen molar-refractivity contribution in [3.05, 3.63) is 83.4 Å². The first kappa shape index (κ1) is 20.0. The first-order valence-electron chi connectivity index (χ1n) is 8.22. The lowest BCUT2D eigenvalue weighted by molar-refractivity contribution is 0.457. The van der Waals surface area contributed by atoms with Crippen LogP contribution in [0.3, 0.4) is 0 Å². The molecule has 2 nitrogen and oxygen atoms in total. The Labute approximate surface area is 160 Å². The maximum Gasteiger partial charge on any atom is 0.196 e. The Morgan fingerprint density at radius 2 is 1.20 bits per heavy atom. The maximum absolute atomic E-state index is 13.7. The van der Waals surface area contributed by atoms with Gasteiger partial charge in [-0.1, -0.05) is 97.7 Å². The summed E-state index contributed by atoms with van der Waals surface area (Å²) in [6.07, 6.45) is 0. The largest absolute Gasteiger partial charge is 0.297 e. The Hall–Kier alpha value is -1.31. The molecule has 2 aromatic carbocycles. The average Bonchev–Trinajstić information content (AvgIpc) is 2.64. The van der Waals surface area contributed by atoms with Gasteiger partial charge in [0.25, 0.3) is 0 Å². The fraction of sp³-hybridized carbons (Fsp3) is 0.200. The fourth-order valence-corrected chi connectivity index (χ4v) is 5.86. The number of rotatable bonds is 7. The molecule has 25 heavy (non-hydrogen) atoms. The Kier molecular flexibility index (Phi) is 7.53. The zero-order valence-corrected chi connectivity index (χ0v) is 16.8. The second-order valence-electron chi connectivity index (χ2n) is 5.50. The number of halogens is 2. The van der Waals surface area contributed by atoms with Crippen molar-refractivity contribution < 1.29 is 4.57 Å². The third kappa shape index (κ3) is 5.33. The van der Waals surface area contributed by atoms with Gasteiger partial charge in [-0.2, -0.15) is 0 Å². The van der Waals surface area contributed by atoms with Crippen molar-refractivity contribution in [3.8, 4) is 0 Å². The second-order valence-corrected chi connectivity index (χ2v) is 8.74. The van der Waals surface area contributed by atoms with Crippen LogP contribution in [0.25, 0.3) is 10.1 Å². The summed E-state index contributed by atoms with van der Waals surface area (Å²) in [6, 6.07) is 19.0. The quantitative estimate of drug-likeness (QED) is 0.468. The predicted octanol–water partition coefficient (Wildman–Crippen LogP) is 7.08. The van der Waals surface area contributed by atoms with Crippen LogP contribution in [0, 0.1) is 0 Å². The smallest absolute Gasteiger partial charge is 0.196 e. The first-order valence-corrected chi connectivity index (χ1v) is 10.8. The van der Waals surface area contributed by atoms with Crippen LogP contribution in [-0.2, 0) is 4.57 Å². The lowest BCUT2D eigenvalue weighted by atomic mass is 10.2. The molecule has 5 heteroatoms. The molecule has 0 radical (unpaired) electrons. The molecule has 2 aromatic rings. The van der Waals surface area contributed by atoms with E-state index < -0.39 is 7.29 Å². The van der Waals surface area contributed by atoms with Crippen molar-refractivity contribution in [1.82, 2.24) is 4.67 Å². The van der Waals surface area contributed by atoms with Gasteiger partial charge >= 0.3 is 0 Å². The van der Waals surface area contributed by atoms with Crippen LogP contribution in [0.1, 0.15) is 25.0 Å². The number of hydrogen-bond acceptors (Lipinski definition) is 1. The average molecular weight is 394 g/mol. The summed E-state index contributed by atoms with van der Waals surface area (Å²) in [5.41, 5.74) is 1.67. The molecule has 0 unspecified atom stereocenters. The zero-order chi connectivity index (χ0) is 18.3. The molecule has 0 aliphatic rings. The molecular weight excluding hydrogens is 372 g/mol. The molecule has 0 spiro atoms. The molecule has 0 aliphatic heterocycles. The number of hydrogen-bond donors (Lipinski definition) is 0. The van der Waals surface area contributed by atoms with Crippen molar-refractivity contribution in [1.29, 1.82) is 0 Å². The van der Waals surface area contributed by atoms with E-state index >= 15 is 0 Å². The Balaban J connectivity index is 2.50. The molecule has 132 valence electrons. The summed E-state index contributed by atoms with van der Waals surface area (Å²) in [7, 11) is -3.03. The minimum absolute atomic E-state index is 0.463. The molecule has 2 rings (SSSR count). The molecular formula is C20H22Cl2NOP. The van der Waals surface area contributed by atoms with Crippen LogP contribution < -0.4 is 0 Å². The van der Waals surface area contributed by atoms with Gasteiger partial charge in [0.1, 0.15) is 0 Å². The molecule has 0 amide bonds. The first-order chi connectivity index (χ1) is 12.0. The standard InChI is InChI=1S/C20H22Cl2NOP/c1-3-23(4-2)25(24,15-19(21)17-11-7-5-8-12-17)16-20(22)18-13-9-6-10-14-18/h5-16H,3-4H2,1-2H3/b19-15-,20-16-. The third-order valence-electron chi connectivity index (χ3n) is 3.87. The predicted molar refractivity (Wildman–Crippen MR) is 111 cm³/mol. The van der Waals surface area contributed by atoms with E-state index in [1.807, 2.05) is 79.2 Å². The number of benzene rings is 2. The van der Waals surface area contributed by atoms with Gasteiger partial charge in [0.2, 0.25) is 0 Å².